The minimum atomic E-state index is -0.754. The van der Waals surface area contributed by atoms with Gasteiger partial charge in [0.05, 0.1) is 5.92 Å². The van der Waals surface area contributed by atoms with Crippen LogP contribution in [-0.2, 0) is 4.79 Å². The Morgan fingerprint density at radius 1 is 1.44 bits per heavy atom. The first-order chi connectivity index (χ1) is 7.59. The van der Waals surface area contributed by atoms with Gasteiger partial charge in [0.1, 0.15) is 5.69 Å². The lowest BCUT2D eigenvalue weighted by molar-refractivity contribution is -0.142. The molecule has 1 fully saturated rings. The summed E-state index contributed by atoms with van der Waals surface area (Å²) in [4.78, 5) is 10.8. The molecule has 4 nitrogen and oxygen atoms in total. The van der Waals surface area contributed by atoms with Gasteiger partial charge in [-0.2, -0.15) is 0 Å². The molecule has 0 bridgehead atoms. The lowest BCUT2D eigenvalue weighted by atomic mass is 9.80. The van der Waals surface area contributed by atoms with Gasteiger partial charge in [-0.1, -0.05) is 5.16 Å². The van der Waals surface area contributed by atoms with E-state index in [1.807, 2.05) is 0 Å². The highest BCUT2D eigenvalue weighted by atomic mass is 19.1. The van der Waals surface area contributed by atoms with Crippen LogP contribution in [0, 0.1) is 18.7 Å². The summed E-state index contributed by atoms with van der Waals surface area (Å²) in [7, 11) is 0. The van der Waals surface area contributed by atoms with E-state index < -0.39 is 5.97 Å². The minimum absolute atomic E-state index is 0.00745. The topological polar surface area (TPSA) is 63.3 Å². The summed E-state index contributed by atoms with van der Waals surface area (Å²) in [6, 6.07) is 0. The summed E-state index contributed by atoms with van der Waals surface area (Å²) in [5, 5.41) is 12.6. The molecule has 0 amide bonds. The van der Waals surface area contributed by atoms with Gasteiger partial charge in [-0.15, -0.1) is 0 Å². The van der Waals surface area contributed by atoms with E-state index in [0.717, 1.165) is 0 Å². The van der Waals surface area contributed by atoms with Gasteiger partial charge >= 0.3 is 5.97 Å². The largest absolute Gasteiger partial charge is 0.481 e. The molecule has 5 heteroatoms. The molecule has 0 radical (unpaired) electrons. The molecule has 1 saturated carbocycles. The van der Waals surface area contributed by atoms with Gasteiger partial charge in [0.25, 0.3) is 0 Å². The third kappa shape index (κ3) is 1.94. The lowest BCUT2D eigenvalue weighted by Crippen LogP contribution is -2.21. The highest BCUT2D eigenvalue weighted by Crippen LogP contribution is 2.36. The first kappa shape index (κ1) is 11.1. The van der Waals surface area contributed by atoms with Crippen LogP contribution in [0.2, 0.25) is 0 Å². The number of halogens is 1. The van der Waals surface area contributed by atoms with Crippen LogP contribution in [0.3, 0.4) is 0 Å². The van der Waals surface area contributed by atoms with Crippen molar-refractivity contribution in [2.75, 3.05) is 0 Å². The van der Waals surface area contributed by atoms with Crippen molar-refractivity contribution in [2.24, 2.45) is 5.92 Å². The maximum Gasteiger partial charge on any atom is 0.306 e. The van der Waals surface area contributed by atoms with Gasteiger partial charge in [0.15, 0.2) is 11.6 Å². The van der Waals surface area contributed by atoms with Crippen molar-refractivity contribution in [1.82, 2.24) is 5.16 Å². The molecular formula is C11H14FNO3. The Labute approximate surface area is 92.4 Å². The summed E-state index contributed by atoms with van der Waals surface area (Å²) < 4.78 is 18.3. The number of aryl methyl sites for hydroxylation is 1. The van der Waals surface area contributed by atoms with E-state index in [2.05, 4.69) is 5.16 Å². The number of carbonyl (C=O) groups is 1. The number of rotatable bonds is 2. The summed E-state index contributed by atoms with van der Waals surface area (Å²) >= 11 is 0. The summed E-state index contributed by atoms with van der Waals surface area (Å²) in [6.07, 6.45) is 2.51. The zero-order valence-corrected chi connectivity index (χ0v) is 9.07. The molecule has 1 aliphatic rings. The molecule has 16 heavy (non-hydrogen) atoms. The maximum atomic E-state index is 13.5. The van der Waals surface area contributed by atoms with Crippen molar-refractivity contribution in [3.63, 3.8) is 0 Å². The van der Waals surface area contributed by atoms with Gasteiger partial charge in [0.2, 0.25) is 0 Å². The maximum absolute atomic E-state index is 13.5. The van der Waals surface area contributed by atoms with E-state index in [4.69, 9.17) is 9.63 Å². The zero-order valence-electron chi connectivity index (χ0n) is 9.07. The normalized spacial score (nSPS) is 25.6. The zero-order chi connectivity index (χ0) is 11.7. The number of hydrogen-bond donors (Lipinski definition) is 1. The Hall–Kier alpha value is -1.39. The average molecular weight is 227 g/mol. The van der Waals surface area contributed by atoms with Gasteiger partial charge in [-0.25, -0.2) is 4.39 Å². The fourth-order valence-electron chi connectivity index (χ4n) is 2.25. The molecule has 0 saturated heterocycles. The molecule has 0 atom stereocenters. The van der Waals surface area contributed by atoms with Gasteiger partial charge in [-0.3, -0.25) is 4.79 Å². The van der Waals surface area contributed by atoms with Crippen molar-refractivity contribution in [2.45, 2.75) is 38.5 Å². The number of carboxylic acids is 1. The van der Waals surface area contributed by atoms with E-state index in [9.17, 15) is 9.18 Å². The van der Waals surface area contributed by atoms with E-state index in [1.54, 1.807) is 0 Å². The van der Waals surface area contributed by atoms with Crippen LogP contribution in [0.15, 0.2) is 4.52 Å². The molecule has 88 valence electrons. The number of aliphatic carboxylic acids is 1. The Balaban J connectivity index is 2.04. The number of hydrogen-bond acceptors (Lipinski definition) is 3. The SMILES string of the molecule is Cc1onc(C2CCC(C(=O)O)CC2)c1F. The smallest absolute Gasteiger partial charge is 0.306 e. The predicted molar refractivity (Wildman–Crippen MR) is 53.5 cm³/mol. The summed E-state index contributed by atoms with van der Waals surface area (Å²) in [6.45, 7) is 1.54. The third-order valence-corrected chi connectivity index (χ3v) is 3.28. The number of carboxylic acid groups (broad SMARTS) is 1. The highest BCUT2D eigenvalue weighted by Gasteiger charge is 2.30. The van der Waals surface area contributed by atoms with Crippen LogP contribution in [0.1, 0.15) is 43.1 Å². The fourth-order valence-corrected chi connectivity index (χ4v) is 2.25. The second-order valence-electron chi connectivity index (χ2n) is 4.32. The lowest BCUT2D eigenvalue weighted by Gasteiger charge is -2.24. The quantitative estimate of drug-likeness (QED) is 0.843. The Morgan fingerprint density at radius 2 is 2.06 bits per heavy atom. The first-order valence-corrected chi connectivity index (χ1v) is 5.44. The summed E-state index contributed by atoms with van der Waals surface area (Å²) in [5.74, 6) is -1.20. The number of nitrogens with zero attached hydrogens (tertiary/aromatic N) is 1. The van der Waals surface area contributed by atoms with Gasteiger partial charge < -0.3 is 9.63 Å². The van der Waals surface area contributed by atoms with Crippen molar-refractivity contribution in [3.8, 4) is 0 Å². The molecule has 1 N–H and O–H groups in total. The van der Waals surface area contributed by atoms with E-state index in [-0.39, 0.29) is 23.4 Å². The Morgan fingerprint density at radius 3 is 2.50 bits per heavy atom. The fraction of sp³-hybridized carbons (Fsp3) is 0.636. The Bertz CT molecular complexity index is 394. The molecule has 1 aromatic heterocycles. The van der Waals surface area contributed by atoms with Gasteiger partial charge in [-0.05, 0) is 32.6 Å². The second-order valence-corrected chi connectivity index (χ2v) is 4.32. The molecule has 1 aromatic rings. The van der Waals surface area contributed by atoms with Gasteiger partial charge in [0, 0.05) is 5.92 Å². The molecular weight excluding hydrogens is 213 g/mol. The standard InChI is InChI=1S/C11H14FNO3/c1-6-9(12)10(13-16-6)7-2-4-8(5-3-7)11(14)15/h7-8H,2-5H2,1H3,(H,14,15). The molecule has 0 aliphatic heterocycles. The average Bonchev–Trinajstić information content (AvgIpc) is 2.60. The molecule has 0 aromatic carbocycles. The summed E-state index contributed by atoms with van der Waals surface area (Å²) in [5.41, 5.74) is 0.362. The van der Waals surface area contributed by atoms with Crippen LogP contribution in [0.5, 0.6) is 0 Å². The van der Waals surface area contributed by atoms with Crippen molar-refractivity contribution in [1.29, 1.82) is 0 Å². The van der Waals surface area contributed by atoms with Crippen molar-refractivity contribution < 1.29 is 18.8 Å². The van der Waals surface area contributed by atoms with Crippen LogP contribution >= 0.6 is 0 Å². The monoisotopic (exact) mass is 227 g/mol. The number of aromatic nitrogens is 1. The molecule has 1 aliphatic carbocycles. The van der Waals surface area contributed by atoms with E-state index in [1.165, 1.54) is 6.92 Å². The van der Waals surface area contributed by atoms with Crippen molar-refractivity contribution in [3.05, 3.63) is 17.3 Å². The first-order valence-electron chi connectivity index (χ1n) is 5.44. The minimum Gasteiger partial charge on any atom is -0.481 e. The van der Waals surface area contributed by atoms with Crippen LogP contribution in [0.25, 0.3) is 0 Å². The van der Waals surface area contributed by atoms with E-state index >= 15 is 0 Å². The molecule has 0 unspecified atom stereocenters. The van der Waals surface area contributed by atoms with Crippen molar-refractivity contribution >= 4 is 5.97 Å². The molecule has 0 spiro atoms. The van der Waals surface area contributed by atoms with Crippen LogP contribution in [0.4, 0.5) is 4.39 Å². The second kappa shape index (κ2) is 4.23. The molecule has 2 rings (SSSR count). The predicted octanol–water partition coefficient (Wildman–Crippen LogP) is 2.48. The van der Waals surface area contributed by atoms with E-state index in [0.29, 0.717) is 31.4 Å². The molecule has 1 heterocycles. The van der Waals surface area contributed by atoms with Crippen LogP contribution in [-0.4, -0.2) is 16.2 Å². The highest BCUT2D eigenvalue weighted by molar-refractivity contribution is 5.70. The van der Waals surface area contributed by atoms with Crippen LogP contribution < -0.4 is 0 Å². The Kier molecular flexibility index (Phi) is 2.94. The third-order valence-electron chi connectivity index (χ3n) is 3.28.